The molecule has 2 aromatic carbocycles. The van der Waals surface area contributed by atoms with E-state index in [0.717, 1.165) is 9.37 Å². The summed E-state index contributed by atoms with van der Waals surface area (Å²) >= 11 is 3.29. The lowest BCUT2D eigenvalue weighted by atomic mass is 10.0. The molecule has 0 fully saturated rings. The highest BCUT2D eigenvalue weighted by molar-refractivity contribution is 9.10. The van der Waals surface area contributed by atoms with Crippen molar-refractivity contribution in [2.45, 2.75) is 26.3 Å². The zero-order valence-electron chi connectivity index (χ0n) is 15.9. The van der Waals surface area contributed by atoms with Gasteiger partial charge >= 0.3 is 0 Å². The summed E-state index contributed by atoms with van der Waals surface area (Å²) in [5.41, 5.74) is 5.60. The van der Waals surface area contributed by atoms with E-state index in [9.17, 15) is 19.2 Å². The third kappa shape index (κ3) is 4.37. The van der Waals surface area contributed by atoms with Crippen molar-refractivity contribution in [3.63, 3.8) is 0 Å². The van der Waals surface area contributed by atoms with Gasteiger partial charge in [0, 0.05) is 10.0 Å². The molecule has 1 aliphatic rings. The van der Waals surface area contributed by atoms with Gasteiger partial charge < -0.3 is 0 Å². The lowest BCUT2D eigenvalue weighted by Crippen LogP contribution is -2.54. The fraction of sp³-hybridized carbons (Fsp3) is 0.238. The van der Waals surface area contributed by atoms with Gasteiger partial charge in [0.2, 0.25) is 0 Å². The average Bonchev–Trinajstić information content (AvgIpc) is 2.95. The van der Waals surface area contributed by atoms with Crippen molar-refractivity contribution in [2.75, 3.05) is 0 Å². The standard InChI is InChI=1S/C21H20BrN3O4/c1-12(2)11-17(25-20(28)15-5-3-4-6-16(15)21(25)29)19(27)24-23-18(26)13-7-9-14(22)10-8-13/h3-10,12,17H,11H2,1-2H3,(H,23,26)(H,24,27)/t17-/m0/s1. The number of imide groups is 1. The largest absolute Gasteiger partial charge is 0.271 e. The number of benzene rings is 2. The van der Waals surface area contributed by atoms with Crippen molar-refractivity contribution in [3.05, 3.63) is 69.7 Å². The van der Waals surface area contributed by atoms with E-state index in [0.29, 0.717) is 5.56 Å². The minimum atomic E-state index is -1.03. The first kappa shape index (κ1) is 20.7. The predicted molar refractivity (Wildman–Crippen MR) is 110 cm³/mol. The second-order valence-corrected chi connectivity index (χ2v) is 8.04. The first-order valence-electron chi connectivity index (χ1n) is 9.12. The second kappa shape index (κ2) is 8.57. The first-order valence-corrected chi connectivity index (χ1v) is 9.91. The fourth-order valence-electron chi connectivity index (χ4n) is 3.14. The normalized spacial score (nSPS) is 14.0. The van der Waals surface area contributed by atoms with Crippen molar-refractivity contribution in [2.24, 2.45) is 5.92 Å². The highest BCUT2D eigenvalue weighted by Crippen LogP contribution is 2.26. The van der Waals surface area contributed by atoms with Gasteiger partial charge in [-0.25, -0.2) is 0 Å². The number of hydrazine groups is 1. The predicted octanol–water partition coefficient (Wildman–Crippen LogP) is 2.92. The monoisotopic (exact) mass is 457 g/mol. The number of fused-ring (bicyclic) bond motifs is 1. The molecule has 4 amide bonds. The summed E-state index contributed by atoms with van der Waals surface area (Å²) in [6.07, 6.45) is 0.269. The van der Waals surface area contributed by atoms with E-state index in [-0.39, 0.29) is 23.5 Å². The molecule has 150 valence electrons. The molecule has 0 aromatic heterocycles. The topological polar surface area (TPSA) is 95.6 Å². The molecule has 2 aromatic rings. The Labute approximate surface area is 176 Å². The molecule has 0 spiro atoms. The van der Waals surface area contributed by atoms with Crippen LogP contribution in [0, 0.1) is 5.92 Å². The van der Waals surface area contributed by atoms with Crippen LogP contribution >= 0.6 is 15.9 Å². The Morgan fingerprint density at radius 3 is 2.00 bits per heavy atom. The summed E-state index contributed by atoms with van der Waals surface area (Å²) in [5, 5.41) is 0. The van der Waals surface area contributed by atoms with Gasteiger partial charge in [-0.2, -0.15) is 0 Å². The number of amides is 4. The van der Waals surface area contributed by atoms with Crippen molar-refractivity contribution < 1.29 is 19.2 Å². The van der Waals surface area contributed by atoms with Crippen LogP contribution in [0.3, 0.4) is 0 Å². The third-order valence-corrected chi connectivity index (χ3v) is 5.07. The summed E-state index contributed by atoms with van der Waals surface area (Å²) < 4.78 is 0.820. The highest BCUT2D eigenvalue weighted by Gasteiger charge is 2.42. The molecule has 0 saturated carbocycles. The molecule has 29 heavy (non-hydrogen) atoms. The van der Waals surface area contributed by atoms with Crippen LogP contribution in [0.4, 0.5) is 0 Å². The molecule has 1 aliphatic heterocycles. The van der Waals surface area contributed by atoms with Gasteiger partial charge in [0.25, 0.3) is 23.6 Å². The average molecular weight is 458 g/mol. The summed E-state index contributed by atoms with van der Waals surface area (Å²) in [6.45, 7) is 3.78. The summed E-state index contributed by atoms with van der Waals surface area (Å²) in [7, 11) is 0. The number of nitrogens with zero attached hydrogens (tertiary/aromatic N) is 1. The Morgan fingerprint density at radius 1 is 0.931 bits per heavy atom. The van der Waals surface area contributed by atoms with Crippen LogP contribution in [0.2, 0.25) is 0 Å². The Morgan fingerprint density at radius 2 is 1.48 bits per heavy atom. The van der Waals surface area contributed by atoms with E-state index in [1.54, 1.807) is 48.5 Å². The van der Waals surface area contributed by atoms with Gasteiger partial charge in [0.1, 0.15) is 6.04 Å². The molecule has 0 saturated heterocycles. The van der Waals surface area contributed by atoms with Crippen molar-refractivity contribution in [1.29, 1.82) is 0 Å². The molecular formula is C21H20BrN3O4. The van der Waals surface area contributed by atoms with Gasteiger partial charge in [-0.05, 0) is 48.7 Å². The summed E-state index contributed by atoms with van der Waals surface area (Å²) in [4.78, 5) is 51.6. The van der Waals surface area contributed by atoms with E-state index in [1.165, 1.54) is 0 Å². The van der Waals surface area contributed by atoms with Crippen LogP contribution < -0.4 is 10.9 Å². The molecule has 1 atom stereocenters. The molecule has 1 heterocycles. The molecule has 3 rings (SSSR count). The molecule has 0 unspecified atom stereocenters. The minimum absolute atomic E-state index is 0.0391. The van der Waals surface area contributed by atoms with E-state index in [1.807, 2.05) is 13.8 Å². The molecule has 2 N–H and O–H groups in total. The second-order valence-electron chi connectivity index (χ2n) is 7.12. The van der Waals surface area contributed by atoms with Crippen molar-refractivity contribution in [3.8, 4) is 0 Å². The number of halogens is 1. The van der Waals surface area contributed by atoms with E-state index in [4.69, 9.17) is 0 Å². The smallest absolute Gasteiger partial charge is 0.269 e. The van der Waals surface area contributed by atoms with Gasteiger partial charge in [-0.3, -0.25) is 34.9 Å². The lowest BCUT2D eigenvalue weighted by Gasteiger charge is -2.26. The van der Waals surface area contributed by atoms with Gasteiger partial charge in [-0.1, -0.05) is 41.9 Å². The minimum Gasteiger partial charge on any atom is -0.271 e. The number of rotatable bonds is 5. The quantitative estimate of drug-likeness (QED) is 0.532. The van der Waals surface area contributed by atoms with E-state index < -0.39 is 29.7 Å². The maximum absolute atomic E-state index is 12.8. The van der Waals surface area contributed by atoms with Gasteiger partial charge in [0.15, 0.2) is 0 Å². The summed E-state index contributed by atoms with van der Waals surface area (Å²) in [5.74, 6) is -2.11. The van der Waals surface area contributed by atoms with Crippen LogP contribution in [0.1, 0.15) is 51.3 Å². The number of hydrogen-bond acceptors (Lipinski definition) is 4. The fourth-order valence-corrected chi connectivity index (χ4v) is 3.41. The van der Waals surface area contributed by atoms with Crippen LogP contribution in [0.25, 0.3) is 0 Å². The Balaban J connectivity index is 1.76. The number of hydrogen-bond donors (Lipinski definition) is 2. The summed E-state index contributed by atoms with van der Waals surface area (Å²) in [6, 6.07) is 12.0. The van der Waals surface area contributed by atoms with E-state index >= 15 is 0 Å². The van der Waals surface area contributed by atoms with Gasteiger partial charge in [0.05, 0.1) is 11.1 Å². The van der Waals surface area contributed by atoms with Crippen molar-refractivity contribution >= 4 is 39.6 Å². The zero-order valence-corrected chi connectivity index (χ0v) is 17.5. The highest BCUT2D eigenvalue weighted by atomic mass is 79.9. The van der Waals surface area contributed by atoms with Crippen LogP contribution in [0.15, 0.2) is 53.0 Å². The SMILES string of the molecule is CC(C)C[C@@H](C(=O)NNC(=O)c1ccc(Br)cc1)N1C(=O)c2ccccc2C1=O. The molecule has 8 heteroatoms. The Kier molecular flexibility index (Phi) is 6.12. The zero-order chi connectivity index (χ0) is 21.1. The molecule has 0 aliphatic carbocycles. The van der Waals surface area contributed by atoms with Gasteiger partial charge in [-0.15, -0.1) is 0 Å². The Bertz CT molecular complexity index is 937. The van der Waals surface area contributed by atoms with Crippen LogP contribution in [-0.4, -0.2) is 34.6 Å². The van der Waals surface area contributed by atoms with Crippen molar-refractivity contribution in [1.82, 2.24) is 15.8 Å². The van der Waals surface area contributed by atoms with Crippen LogP contribution in [0.5, 0.6) is 0 Å². The van der Waals surface area contributed by atoms with E-state index in [2.05, 4.69) is 26.8 Å². The maximum Gasteiger partial charge on any atom is 0.269 e. The molecule has 7 nitrogen and oxygen atoms in total. The third-order valence-electron chi connectivity index (χ3n) is 4.54. The molecule has 0 radical (unpaired) electrons. The molecular weight excluding hydrogens is 438 g/mol. The number of nitrogens with one attached hydrogen (secondary N) is 2. The number of carbonyl (C=O) groups excluding carboxylic acids is 4. The Hall–Kier alpha value is -3.00. The van der Waals surface area contributed by atoms with Crippen LogP contribution in [-0.2, 0) is 4.79 Å². The lowest BCUT2D eigenvalue weighted by molar-refractivity contribution is -0.126. The molecule has 0 bridgehead atoms. The maximum atomic E-state index is 12.8. The number of carbonyl (C=O) groups is 4. The first-order chi connectivity index (χ1) is 13.8.